The number of hydrogen-bond donors (Lipinski definition) is 0. The minimum absolute atomic E-state index is 0.0366. The lowest BCUT2D eigenvalue weighted by Crippen LogP contribution is -2.21. The van der Waals surface area contributed by atoms with E-state index >= 15 is 0 Å². The maximum Gasteiger partial charge on any atom is 0.395 e. The number of pyridine rings is 1. The monoisotopic (exact) mass is 535 g/mol. The summed E-state index contributed by atoms with van der Waals surface area (Å²) in [6, 6.07) is 2.40. The van der Waals surface area contributed by atoms with Crippen molar-refractivity contribution in [3.05, 3.63) is 53.6 Å². The summed E-state index contributed by atoms with van der Waals surface area (Å²) in [4.78, 5) is 14.6. The van der Waals surface area contributed by atoms with Gasteiger partial charge in [0.1, 0.15) is 5.82 Å². The molecule has 3 aliphatic carbocycles. The molecule has 3 saturated carbocycles. The van der Waals surface area contributed by atoms with E-state index in [2.05, 4.69) is 16.4 Å². The fourth-order valence-electron chi connectivity index (χ4n) is 6.64. The average molecular weight is 536 g/mol. The first kappa shape index (κ1) is 23.5. The highest BCUT2D eigenvalue weighted by Gasteiger charge is 2.94. The molecule has 0 radical (unpaired) electrons. The molecule has 0 aromatic carbocycles. The second-order valence-corrected chi connectivity index (χ2v) is 11.9. The molecule has 202 valence electrons. The summed E-state index contributed by atoms with van der Waals surface area (Å²) in [7, 11) is 1.83. The van der Waals surface area contributed by atoms with Gasteiger partial charge in [0.25, 0.3) is 0 Å². The number of hydrogen-bond acceptors (Lipinski definition) is 6. The lowest BCUT2D eigenvalue weighted by atomic mass is 9.91. The molecule has 4 aromatic heterocycles. The number of nitrogens with zero attached hydrogens (tertiary/aromatic N) is 7. The van der Waals surface area contributed by atoms with Crippen molar-refractivity contribution >= 4 is 11.0 Å². The highest BCUT2D eigenvalue weighted by atomic mass is 19.4. The normalized spacial score (nSPS) is 30.0. The highest BCUT2D eigenvalue weighted by molar-refractivity contribution is 5.86. The van der Waals surface area contributed by atoms with Crippen LogP contribution in [0.1, 0.15) is 79.4 Å². The molecule has 4 aliphatic rings. The SMILES string of the molecule is Cc1nc2nc(C3CCOC(c4cnn(C5CC5)c4)C3)nc(C34CC3(C(F)(F)F)C4)c2cc1-c1cnn(C)c1. The van der Waals surface area contributed by atoms with Crippen LogP contribution in [0, 0.1) is 12.3 Å². The van der Waals surface area contributed by atoms with Gasteiger partial charge in [0.15, 0.2) is 5.65 Å². The lowest BCUT2D eigenvalue weighted by molar-refractivity contribution is -0.167. The maximum atomic E-state index is 14.1. The zero-order valence-electron chi connectivity index (χ0n) is 21.7. The molecule has 0 spiro atoms. The van der Waals surface area contributed by atoms with Gasteiger partial charge in [-0.2, -0.15) is 23.4 Å². The molecule has 39 heavy (non-hydrogen) atoms. The molecule has 0 N–H and O–H groups in total. The van der Waals surface area contributed by atoms with E-state index in [1.807, 2.05) is 37.1 Å². The number of aryl methyl sites for hydroxylation is 2. The standard InChI is InChI=1S/C28H28F3N7O/c1-15-20(17-9-32-37(2)11-17)8-21-23(26-13-27(26,14-26)28(29,30)31)35-24(36-25(21)34-15)16-5-6-39-22(7-16)18-10-33-38(12-18)19-3-4-19/h8-12,16,19,22H,3-7,13-14H2,1-2H3. The van der Waals surface area contributed by atoms with Crippen LogP contribution >= 0.6 is 0 Å². The van der Waals surface area contributed by atoms with Crippen LogP contribution in [-0.2, 0) is 17.2 Å². The number of halogens is 3. The number of ether oxygens (including phenoxy) is 1. The van der Waals surface area contributed by atoms with Crippen LogP contribution in [0.25, 0.3) is 22.2 Å². The van der Waals surface area contributed by atoms with Crippen molar-refractivity contribution in [1.29, 1.82) is 0 Å². The minimum atomic E-state index is -4.25. The van der Waals surface area contributed by atoms with Crippen molar-refractivity contribution in [1.82, 2.24) is 34.5 Å². The Morgan fingerprint density at radius 2 is 1.85 bits per heavy atom. The van der Waals surface area contributed by atoms with Crippen LogP contribution < -0.4 is 0 Å². The molecule has 0 bridgehead atoms. The van der Waals surface area contributed by atoms with Crippen molar-refractivity contribution in [3.8, 4) is 11.1 Å². The Morgan fingerprint density at radius 3 is 2.54 bits per heavy atom. The molecule has 2 atom stereocenters. The molecule has 8 rings (SSSR count). The number of aromatic nitrogens is 7. The van der Waals surface area contributed by atoms with Crippen LogP contribution in [0.2, 0.25) is 0 Å². The molecular formula is C28H28F3N7O. The number of rotatable bonds is 5. The molecule has 5 heterocycles. The molecule has 0 amide bonds. The summed E-state index contributed by atoms with van der Waals surface area (Å²) in [6.45, 7) is 2.43. The van der Waals surface area contributed by atoms with Gasteiger partial charge in [0.2, 0.25) is 0 Å². The zero-order valence-corrected chi connectivity index (χ0v) is 21.7. The Bertz CT molecular complexity index is 1630. The van der Waals surface area contributed by atoms with E-state index in [1.165, 1.54) is 0 Å². The fourth-order valence-corrected chi connectivity index (χ4v) is 6.64. The number of fused-ring (bicyclic) bond motifs is 2. The van der Waals surface area contributed by atoms with E-state index in [9.17, 15) is 13.2 Å². The summed E-state index contributed by atoms with van der Waals surface area (Å²) in [5, 5.41) is 9.38. The topological polar surface area (TPSA) is 83.5 Å². The lowest BCUT2D eigenvalue weighted by Gasteiger charge is -2.28. The van der Waals surface area contributed by atoms with E-state index in [0.717, 1.165) is 35.2 Å². The second kappa shape index (κ2) is 7.65. The molecule has 4 fully saturated rings. The van der Waals surface area contributed by atoms with Crippen molar-refractivity contribution in [3.63, 3.8) is 0 Å². The van der Waals surface area contributed by atoms with Crippen molar-refractivity contribution in [2.24, 2.45) is 12.5 Å². The van der Waals surface area contributed by atoms with E-state index < -0.39 is 17.0 Å². The quantitative estimate of drug-likeness (QED) is 0.336. The van der Waals surface area contributed by atoms with Gasteiger partial charge < -0.3 is 4.74 Å². The summed E-state index contributed by atoms with van der Waals surface area (Å²) in [5.74, 6) is 0.538. The summed E-state index contributed by atoms with van der Waals surface area (Å²) in [5.41, 5.74) is 1.83. The smallest absolute Gasteiger partial charge is 0.373 e. The molecule has 4 aromatic rings. The van der Waals surface area contributed by atoms with Gasteiger partial charge in [-0.25, -0.2) is 15.0 Å². The fraction of sp³-hybridized carbons (Fsp3) is 0.536. The van der Waals surface area contributed by atoms with Gasteiger partial charge in [-0.15, -0.1) is 0 Å². The molecule has 8 nitrogen and oxygen atoms in total. The first-order valence-corrected chi connectivity index (χ1v) is 13.6. The summed E-state index contributed by atoms with van der Waals surface area (Å²) in [6.07, 6.45) is 7.00. The second-order valence-electron chi connectivity index (χ2n) is 11.9. The first-order valence-electron chi connectivity index (χ1n) is 13.6. The molecular weight excluding hydrogens is 507 g/mol. The van der Waals surface area contributed by atoms with Crippen molar-refractivity contribution in [2.75, 3.05) is 6.61 Å². The largest absolute Gasteiger partial charge is 0.395 e. The Morgan fingerprint density at radius 1 is 1.03 bits per heavy atom. The van der Waals surface area contributed by atoms with E-state index in [-0.39, 0.29) is 24.9 Å². The van der Waals surface area contributed by atoms with E-state index in [0.29, 0.717) is 48.0 Å². The van der Waals surface area contributed by atoms with Gasteiger partial charge >= 0.3 is 6.18 Å². The summed E-state index contributed by atoms with van der Waals surface area (Å²) < 4.78 is 52.0. The molecule has 2 unspecified atom stereocenters. The van der Waals surface area contributed by atoms with Crippen LogP contribution in [-0.4, -0.2) is 47.3 Å². The Hall–Kier alpha value is -3.34. The third-order valence-electron chi connectivity index (χ3n) is 9.34. The Kier molecular flexibility index (Phi) is 4.62. The van der Waals surface area contributed by atoms with E-state index in [4.69, 9.17) is 19.7 Å². The Labute approximate surface area is 222 Å². The van der Waals surface area contributed by atoms with Gasteiger partial charge in [0.05, 0.1) is 35.6 Å². The van der Waals surface area contributed by atoms with Gasteiger partial charge in [0, 0.05) is 65.2 Å². The van der Waals surface area contributed by atoms with Crippen LogP contribution in [0.3, 0.4) is 0 Å². The van der Waals surface area contributed by atoms with Crippen molar-refractivity contribution in [2.45, 2.75) is 75.1 Å². The van der Waals surface area contributed by atoms with Crippen LogP contribution in [0.15, 0.2) is 30.9 Å². The predicted octanol–water partition coefficient (Wildman–Crippen LogP) is 5.49. The molecule has 11 heteroatoms. The van der Waals surface area contributed by atoms with Gasteiger partial charge in [-0.3, -0.25) is 9.36 Å². The van der Waals surface area contributed by atoms with Gasteiger partial charge in [-0.05, 0) is 51.5 Å². The molecule has 1 aliphatic heterocycles. The van der Waals surface area contributed by atoms with Crippen molar-refractivity contribution < 1.29 is 17.9 Å². The summed E-state index contributed by atoms with van der Waals surface area (Å²) >= 11 is 0. The zero-order chi connectivity index (χ0) is 26.7. The van der Waals surface area contributed by atoms with Crippen LogP contribution in [0.4, 0.5) is 13.2 Å². The highest BCUT2D eigenvalue weighted by Crippen LogP contribution is 2.90. The average Bonchev–Trinajstić information content (AvgIpc) is 3.84. The maximum absolute atomic E-state index is 14.1. The Balaban J connectivity index is 1.21. The third-order valence-corrected chi connectivity index (χ3v) is 9.34. The predicted molar refractivity (Wildman–Crippen MR) is 135 cm³/mol. The third kappa shape index (κ3) is 3.44. The first-order chi connectivity index (χ1) is 18.7. The number of alkyl halides is 3. The van der Waals surface area contributed by atoms with Gasteiger partial charge in [-0.1, -0.05) is 0 Å². The molecule has 1 saturated heterocycles. The van der Waals surface area contributed by atoms with E-state index in [1.54, 1.807) is 10.9 Å². The minimum Gasteiger partial charge on any atom is -0.373 e. The van der Waals surface area contributed by atoms with Crippen LogP contribution in [0.5, 0.6) is 0 Å².